The van der Waals surface area contributed by atoms with E-state index in [9.17, 15) is 21.6 Å². The number of hydrogen-bond donors (Lipinski definition) is 1. The smallest absolute Gasteiger partial charge is 0.243 e. The number of rotatable bonds is 11. The van der Waals surface area contributed by atoms with Crippen LogP contribution in [-0.2, 0) is 31.4 Å². The van der Waals surface area contributed by atoms with Crippen molar-refractivity contribution in [2.75, 3.05) is 31.7 Å². The average molecular weight is 560 g/mol. The van der Waals surface area contributed by atoms with Crippen LogP contribution in [0, 0.1) is 0 Å². The minimum atomic E-state index is -4.20. The first kappa shape index (κ1) is 27.6. The number of carbonyl (C=O) groups excluding carboxylic acids is 1. The second-order valence-corrected chi connectivity index (χ2v) is 12.3. The molecule has 1 amide bonds. The zero-order chi connectivity index (χ0) is 27.3. The first-order chi connectivity index (χ1) is 18.1. The van der Waals surface area contributed by atoms with Crippen LogP contribution in [-0.4, -0.2) is 57.8 Å². The molecular formula is C26H29N3O7S2. The Labute approximate surface area is 222 Å². The summed E-state index contributed by atoms with van der Waals surface area (Å²) >= 11 is 0. The van der Waals surface area contributed by atoms with Crippen LogP contribution in [0.25, 0.3) is 0 Å². The first-order valence-corrected chi connectivity index (χ1v) is 14.9. The van der Waals surface area contributed by atoms with Crippen LogP contribution in [0.4, 0.5) is 5.69 Å². The maximum Gasteiger partial charge on any atom is 0.243 e. The highest BCUT2D eigenvalue weighted by atomic mass is 32.2. The maximum atomic E-state index is 13.7. The number of amides is 1. The molecule has 1 aliphatic heterocycles. The van der Waals surface area contributed by atoms with Gasteiger partial charge < -0.3 is 14.8 Å². The molecule has 0 aliphatic carbocycles. The molecule has 3 aromatic carbocycles. The molecule has 1 N–H and O–H groups in total. The van der Waals surface area contributed by atoms with E-state index < -0.39 is 32.5 Å². The van der Waals surface area contributed by atoms with Crippen molar-refractivity contribution in [3.8, 4) is 11.5 Å². The Bertz CT molecular complexity index is 1490. The molecule has 202 valence electrons. The number of carbonyl (C=O) groups is 1. The van der Waals surface area contributed by atoms with Crippen LogP contribution < -0.4 is 14.8 Å². The molecular weight excluding hydrogens is 530 g/mol. The third-order valence-corrected chi connectivity index (χ3v) is 9.85. The number of hydrogen-bond acceptors (Lipinski definition) is 7. The van der Waals surface area contributed by atoms with Gasteiger partial charge in [0.05, 0.1) is 16.3 Å². The quantitative estimate of drug-likeness (QED) is 0.383. The number of sulfonamides is 2. The molecule has 1 heterocycles. The van der Waals surface area contributed by atoms with Gasteiger partial charge in [-0.2, -0.15) is 8.61 Å². The van der Waals surface area contributed by atoms with Gasteiger partial charge in [-0.3, -0.25) is 4.79 Å². The summed E-state index contributed by atoms with van der Waals surface area (Å²) in [6.45, 7) is 3.52. The normalized spacial score (nSPS) is 13.2. The summed E-state index contributed by atoms with van der Waals surface area (Å²) in [5.74, 6) is 0.510. The van der Waals surface area contributed by atoms with Crippen LogP contribution in [0.2, 0.25) is 0 Å². The van der Waals surface area contributed by atoms with Crippen molar-refractivity contribution in [3.63, 3.8) is 0 Å². The first-order valence-electron chi connectivity index (χ1n) is 12.0. The van der Waals surface area contributed by atoms with Crippen molar-refractivity contribution < 1.29 is 31.1 Å². The third kappa shape index (κ3) is 5.99. The van der Waals surface area contributed by atoms with Crippen LogP contribution in [0.3, 0.4) is 0 Å². The molecule has 0 saturated carbocycles. The van der Waals surface area contributed by atoms with E-state index in [4.69, 9.17) is 9.47 Å². The van der Waals surface area contributed by atoms with Crippen LogP contribution >= 0.6 is 0 Å². The molecule has 3 aromatic rings. The molecule has 0 bridgehead atoms. The Kier molecular flexibility index (Phi) is 8.36. The van der Waals surface area contributed by atoms with Gasteiger partial charge in [0, 0.05) is 25.3 Å². The standard InChI is InChI=1S/C26H29N3O7S2/c1-3-28(4-2)37(31,32)22-11-13-23(14-12-22)38(33,34)29(18-26(30)27-21-8-6-5-7-9-21)17-20-10-15-24-25(16-20)36-19-35-24/h5-16H,3-4,17-19H2,1-2H3,(H,27,30). The van der Waals surface area contributed by atoms with Crippen molar-refractivity contribution in [1.29, 1.82) is 0 Å². The van der Waals surface area contributed by atoms with Gasteiger partial charge in [-0.1, -0.05) is 38.1 Å². The Hall–Kier alpha value is -3.45. The molecule has 0 radical (unpaired) electrons. The minimum Gasteiger partial charge on any atom is -0.454 e. The van der Waals surface area contributed by atoms with Crippen LogP contribution in [0.5, 0.6) is 11.5 Å². The monoisotopic (exact) mass is 559 g/mol. The molecule has 0 fully saturated rings. The lowest BCUT2D eigenvalue weighted by atomic mass is 10.2. The van der Waals surface area contributed by atoms with Crippen molar-refractivity contribution in [3.05, 3.63) is 78.4 Å². The second kappa shape index (κ2) is 11.5. The fourth-order valence-corrected chi connectivity index (χ4v) is 6.84. The third-order valence-electron chi connectivity index (χ3n) is 5.98. The molecule has 0 unspecified atom stereocenters. The van der Waals surface area contributed by atoms with Crippen molar-refractivity contribution >= 4 is 31.6 Å². The van der Waals surface area contributed by atoms with Crippen LogP contribution in [0.1, 0.15) is 19.4 Å². The molecule has 4 rings (SSSR count). The van der Waals surface area contributed by atoms with Gasteiger partial charge in [-0.15, -0.1) is 0 Å². The van der Waals surface area contributed by atoms with E-state index in [1.165, 1.54) is 28.6 Å². The van der Waals surface area contributed by atoms with Gasteiger partial charge in [-0.05, 0) is 54.1 Å². The van der Waals surface area contributed by atoms with E-state index in [0.29, 0.717) is 35.8 Å². The number of ether oxygens (including phenoxy) is 2. The predicted molar refractivity (Wildman–Crippen MR) is 142 cm³/mol. The van der Waals surface area contributed by atoms with Gasteiger partial charge in [0.25, 0.3) is 0 Å². The van der Waals surface area contributed by atoms with E-state index in [0.717, 1.165) is 4.31 Å². The van der Waals surface area contributed by atoms with E-state index in [1.54, 1.807) is 62.4 Å². The number of nitrogens with one attached hydrogen (secondary N) is 1. The Morgan fingerprint density at radius 3 is 1.97 bits per heavy atom. The molecule has 0 aromatic heterocycles. The van der Waals surface area contributed by atoms with Crippen molar-refractivity contribution in [2.24, 2.45) is 0 Å². The van der Waals surface area contributed by atoms with E-state index in [2.05, 4.69) is 5.32 Å². The minimum absolute atomic E-state index is 0.00992. The summed E-state index contributed by atoms with van der Waals surface area (Å²) in [6.07, 6.45) is 0. The lowest BCUT2D eigenvalue weighted by Crippen LogP contribution is -2.37. The fourth-order valence-electron chi connectivity index (χ4n) is 4.00. The summed E-state index contributed by atoms with van der Waals surface area (Å²) in [7, 11) is -7.96. The number of nitrogens with zero attached hydrogens (tertiary/aromatic N) is 2. The number of fused-ring (bicyclic) bond motifs is 1. The highest BCUT2D eigenvalue weighted by Gasteiger charge is 2.29. The molecule has 0 saturated heterocycles. The molecule has 0 atom stereocenters. The lowest BCUT2D eigenvalue weighted by molar-refractivity contribution is -0.116. The predicted octanol–water partition coefficient (Wildman–Crippen LogP) is 3.28. The average Bonchev–Trinajstić information content (AvgIpc) is 3.37. The van der Waals surface area contributed by atoms with E-state index in [1.807, 2.05) is 0 Å². The molecule has 12 heteroatoms. The molecule has 10 nitrogen and oxygen atoms in total. The summed E-state index contributed by atoms with van der Waals surface area (Å²) in [6, 6.07) is 18.8. The van der Waals surface area contributed by atoms with Gasteiger partial charge >= 0.3 is 0 Å². The van der Waals surface area contributed by atoms with E-state index >= 15 is 0 Å². The van der Waals surface area contributed by atoms with Crippen LogP contribution in [0.15, 0.2) is 82.6 Å². The lowest BCUT2D eigenvalue weighted by Gasteiger charge is -2.23. The van der Waals surface area contributed by atoms with Gasteiger partial charge in [-0.25, -0.2) is 16.8 Å². The SMILES string of the molecule is CCN(CC)S(=O)(=O)c1ccc(S(=O)(=O)N(CC(=O)Nc2ccccc2)Cc2ccc3c(c2)OCO3)cc1. The summed E-state index contributed by atoms with van der Waals surface area (Å²) in [4.78, 5) is 12.7. The van der Waals surface area contributed by atoms with Gasteiger partial charge in [0.1, 0.15) is 0 Å². The number of anilines is 1. The highest BCUT2D eigenvalue weighted by Crippen LogP contribution is 2.33. The summed E-state index contributed by atoms with van der Waals surface area (Å²) in [5.41, 5.74) is 1.12. The Morgan fingerprint density at radius 1 is 0.789 bits per heavy atom. The molecule has 1 aliphatic rings. The molecule has 0 spiro atoms. The van der Waals surface area contributed by atoms with Crippen molar-refractivity contribution in [1.82, 2.24) is 8.61 Å². The number of para-hydroxylation sites is 1. The topological polar surface area (TPSA) is 122 Å². The summed E-state index contributed by atoms with van der Waals surface area (Å²) in [5, 5.41) is 2.70. The largest absolute Gasteiger partial charge is 0.454 e. The number of benzene rings is 3. The van der Waals surface area contributed by atoms with E-state index in [-0.39, 0.29) is 23.1 Å². The van der Waals surface area contributed by atoms with Crippen molar-refractivity contribution in [2.45, 2.75) is 30.2 Å². The maximum absolute atomic E-state index is 13.7. The van der Waals surface area contributed by atoms with Gasteiger partial charge in [0.2, 0.25) is 32.7 Å². The highest BCUT2D eigenvalue weighted by molar-refractivity contribution is 7.89. The Morgan fingerprint density at radius 2 is 1.37 bits per heavy atom. The zero-order valence-electron chi connectivity index (χ0n) is 21.0. The van der Waals surface area contributed by atoms with Gasteiger partial charge in [0.15, 0.2) is 11.5 Å². The Balaban J connectivity index is 1.63. The zero-order valence-corrected chi connectivity index (χ0v) is 22.7. The molecule has 38 heavy (non-hydrogen) atoms. The fraction of sp³-hybridized carbons (Fsp3) is 0.269. The summed E-state index contributed by atoms with van der Waals surface area (Å²) < 4.78 is 66.1. The second-order valence-electron chi connectivity index (χ2n) is 8.44.